The standard InChI is InChI=1S/C18H19N5OS/c1-13-12-25-17(20-13)16-4-2-3-10-22(16)18(24)14-5-7-15(8-6-14)23-11-9-19-21-23/h5-9,11-12,16H,2-4,10H2,1H3. The van der Waals surface area contributed by atoms with E-state index in [2.05, 4.69) is 20.7 Å². The van der Waals surface area contributed by atoms with Crippen molar-refractivity contribution in [2.45, 2.75) is 32.2 Å². The minimum atomic E-state index is 0.0719. The number of piperidine rings is 1. The van der Waals surface area contributed by atoms with Crippen LogP contribution in [-0.4, -0.2) is 37.3 Å². The molecule has 4 rings (SSSR count). The van der Waals surface area contributed by atoms with Crippen molar-refractivity contribution in [3.63, 3.8) is 0 Å². The summed E-state index contributed by atoms with van der Waals surface area (Å²) in [7, 11) is 0. The van der Waals surface area contributed by atoms with E-state index in [1.165, 1.54) is 0 Å². The third kappa shape index (κ3) is 3.19. The van der Waals surface area contributed by atoms with Gasteiger partial charge in [-0.3, -0.25) is 4.79 Å². The molecular formula is C18H19N5OS. The smallest absolute Gasteiger partial charge is 0.254 e. The summed E-state index contributed by atoms with van der Waals surface area (Å²) in [6, 6.07) is 7.61. The van der Waals surface area contributed by atoms with E-state index in [9.17, 15) is 4.79 Å². The lowest BCUT2D eigenvalue weighted by Gasteiger charge is -2.34. The average molecular weight is 353 g/mol. The SMILES string of the molecule is Cc1csc(C2CCCCN2C(=O)c2ccc(-n3ccnn3)cc2)n1. The fraction of sp³-hybridized carbons (Fsp3) is 0.333. The average Bonchev–Trinajstić information content (AvgIpc) is 3.33. The highest BCUT2D eigenvalue weighted by Crippen LogP contribution is 2.33. The first kappa shape index (κ1) is 16.0. The monoisotopic (exact) mass is 353 g/mol. The molecule has 1 aliphatic heterocycles. The molecule has 1 aromatic carbocycles. The maximum Gasteiger partial charge on any atom is 0.254 e. The number of rotatable bonds is 3. The molecule has 3 aromatic rings. The van der Waals surface area contributed by atoms with E-state index >= 15 is 0 Å². The van der Waals surface area contributed by atoms with Gasteiger partial charge in [-0.25, -0.2) is 9.67 Å². The van der Waals surface area contributed by atoms with Gasteiger partial charge in [0.2, 0.25) is 0 Å². The van der Waals surface area contributed by atoms with Crippen LogP contribution in [0.25, 0.3) is 5.69 Å². The van der Waals surface area contributed by atoms with Gasteiger partial charge < -0.3 is 4.90 Å². The second-order valence-electron chi connectivity index (χ2n) is 6.23. The minimum Gasteiger partial charge on any atom is -0.329 e. The molecular weight excluding hydrogens is 334 g/mol. The molecule has 1 atom stereocenters. The lowest BCUT2D eigenvalue weighted by atomic mass is 10.0. The molecule has 1 unspecified atom stereocenters. The highest BCUT2D eigenvalue weighted by molar-refractivity contribution is 7.09. The van der Waals surface area contributed by atoms with Crippen LogP contribution in [0.3, 0.4) is 0 Å². The minimum absolute atomic E-state index is 0.0719. The second kappa shape index (κ2) is 6.76. The van der Waals surface area contributed by atoms with Crippen molar-refractivity contribution >= 4 is 17.2 Å². The molecule has 1 amide bonds. The zero-order valence-corrected chi connectivity index (χ0v) is 14.8. The van der Waals surface area contributed by atoms with Crippen molar-refractivity contribution in [1.29, 1.82) is 0 Å². The predicted molar refractivity (Wildman–Crippen MR) is 95.8 cm³/mol. The number of thiazole rings is 1. The quantitative estimate of drug-likeness (QED) is 0.724. The van der Waals surface area contributed by atoms with Crippen LogP contribution in [0.1, 0.15) is 46.4 Å². The van der Waals surface area contributed by atoms with Crippen LogP contribution < -0.4 is 0 Å². The fourth-order valence-electron chi connectivity index (χ4n) is 3.23. The topological polar surface area (TPSA) is 63.9 Å². The van der Waals surface area contributed by atoms with Crippen molar-refractivity contribution < 1.29 is 4.79 Å². The van der Waals surface area contributed by atoms with Gasteiger partial charge in [-0.2, -0.15) is 0 Å². The van der Waals surface area contributed by atoms with Gasteiger partial charge in [0.1, 0.15) is 5.01 Å². The molecule has 3 heterocycles. The molecule has 0 radical (unpaired) electrons. The Morgan fingerprint density at radius 2 is 2.08 bits per heavy atom. The Labute approximate surface area is 150 Å². The summed E-state index contributed by atoms with van der Waals surface area (Å²) in [4.78, 5) is 19.6. The van der Waals surface area contributed by atoms with E-state index < -0.39 is 0 Å². The molecule has 0 N–H and O–H groups in total. The molecule has 7 heteroatoms. The summed E-state index contributed by atoms with van der Waals surface area (Å²) in [5.41, 5.74) is 2.61. The van der Waals surface area contributed by atoms with E-state index in [1.807, 2.05) is 36.1 Å². The first-order valence-electron chi connectivity index (χ1n) is 8.42. The van der Waals surface area contributed by atoms with Crippen LogP contribution in [0, 0.1) is 6.92 Å². The number of hydrogen-bond acceptors (Lipinski definition) is 5. The molecule has 0 aliphatic carbocycles. The number of amides is 1. The largest absolute Gasteiger partial charge is 0.329 e. The molecule has 128 valence electrons. The van der Waals surface area contributed by atoms with Gasteiger partial charge in [-0.15, -0.1) is 16.4 Å². The Morgan fingerprint density at radius 3 is 2.76 bits per heavy atom. The highest BCUT2D eigenvalue weighted by Gasteiger charge is 2.30. The van der Waals surface area contributed by atoms with E-state index in [0.29, 0.717) is 5.56 Å². The van der Waals surface area contributed by atoms with Crippen LogP contribution in [0.5, 0.6) is 0 Å². The Balaban J connectivity index is 1.58. The number of aryl methyl sites for hydroxylation is 1. The zero-order valence-electron chi connectivity index (χ0n) is 14.0. The Bertz CT molecular complexity index is 856. The lowest BCUT2D eigenvalue weighted by Crippen LogP contribution is -2.38. The Kier molecular flexibility index (Phi) is 4.31. The first-order valence-corrected chi connectivity index (χ1v) is 9.30. The Hall–Kier alpha value is -2.54. The van der Waals surface area contributed by atoms with E-state index in [4.69, 9.17) is 0 Å². The van der Waals surface area contributed by atoms with Gasteiger partial charge in [0.25, 0.3) is 5.91 Å². The van der Waals surface area contributed by atoms with E-state index in [1.54, 1.807) is 28.4 Å². The summed E-state index contributed by atoms with van der Waals surface area (Å²) in [5.74, 6) is 0.0719. The van der Waals surface area contributed by atoms with Gasteiger partial charge in [0.15, 0.2) is 0 Å². The maximum absolute atomic E-state index is 13.1. The van der Waals surface area contributed by atoms with Gasteiger partial charge in [-0.05, 0) is 50.5 Å². The van der Waals surface area contributed by atoms with Gasteiger partial charge in [0, 0.05) is 23.2 Å². The van der Waals surface area contributed by atoms with Crippen molar-refractivity contribution in [2.75, 3.05) is 6.54 Å². The van der Waals surface area contributed by atoms with Crippen molar-refractivity contribution in [2.24, 2.45) is 0 Å². The maximum atomic E-state index is 13.1. The number of nitrogens with zero attached hydrogens (tertiary/aromatic N) is 5. The third-order valence-electron chi connectivity index (χ3n) is 4.49. The number of likely N-dealkylation sites (tertiary alicyclic amines) is 1. The molecule has 6 nitrogen and oxygen atoms in total. The summed E-state index contributed by atoms with van der Waals surface area (Å²) in [6.07, 6.45) is 6.58. The summed E-state index contributed by atoms with van der Waals surface area (Å²) >= 11 is 1.65. The molecule has 1 aliphatic rings. The number of hydrogen-bond donors (Lipinski definition) is 0. The van der Waals surface area contributed by atoms with Crippen LogP contribution >= 0.6 is 11.3 Å². The normalized spacial score (nSPS) is 17.6. The molecule has 0 spiro atoms. The third-order valence-corrected chi connectivity index (χ3v) is 5.55. The number of benzene rings is 1. The Morgan fingerprint density at radius 1 is 1.24 bits per heavy atom. The molecule has 2 aromatic heterocycles. The molecule has 0 saturated carbocycles. The molecule has 1 saturated heterocycles. The van der Waals surface area contributed by atoms with Crippen LogP contribution in [0.15, 0.2) is 42.0 Å². The van der Waals surface area contributed by atoms with Crippen molar-refractivity contribution in [1.82, 2.24) is 24.9 Å². The molecule has 1 fully saturated rings. The molecule has 25 heavy (non-hydrogen) atoms. The fourth-order valence-corrected chi connectivity index (χ4v) is 4.17. The summed E-state index contributed by atoms with van der Waals surface area (Å²) < 4.78 is 1.68. The number of carbonyl (C=O) groups excluding carboxylic acids is 1. The highest BCUT2D eigenvalue weighted by atomic mass is 32.1. The lowest BCUT2D eigenvalue weighted by molar-refractivity contribution is 0.0611. The second-order valence-corrected chi connectivity index (χ2v) is 7.12. The van der Waals surface area contributed by atoms with Crippen molar-refractivity contribution in [3.8, 4) is 5.69 Å². The first-order chi connectivity index (χ1) is 12.2. The van der Waals surface area contributed by atoms with Gasteiger partial charge in [0.05, 0.1) is 24.1 Å². The van der Waals surface area contributed by atoms with Gasteiger partial charge in [-0.1, -0.05) is 5.21 Å². The summed E-state index contributed by atoms with van der Waals surface area (Å²) in [5, 5.41) is 10.9. The number of aromatic nitrogens is 4. The number of carbonyl (C=O) groups is 1. The zero-order chi connectivity index (χ0) is 17.2. The summed E-state index contributed by atoms with van der Waals surface area (Å²) in [6.45, 7) is 2.78. The molecule has 0 bridgehead atoms. The predicted octanol–water partition coefficient (Wildman–Crippen LogP) is 3.40. The van der Waals surface area contributed by atoms with Crippen LogP contribution in [0.4, 0.5) is 0 Å². The van der Waals surface area contributed by atoms with E-state index in [-0.39, 0.29) is 11.9 Å². The van der Waals surface area contributed by atoms with Crippen LogP contribution in [-0.2, 0) is 0 Å². The van der Waals surface area contributed by atoms with E-state index in [0.717, 1.165) is 42.2 Å². The van der Waals surface area contributed by atoms with Crippen LogP contribution in [0.2, 0.25) is 0 Å². The van der Waals surface area contributed by atoms with Crippen molar-refractivity contribution in [3.05, 3.63) is 58.3 Å². The van der Waals surface area contributed by atoms with Gasteiger partial charge >= 0.3 is 0 Å².